The van der Waals surface area contributed by atoms with Crippen molar-refractivity contribution in [2.75, 3.05) is 19.3 Å². The molecule has 1 unspecified atom stereocenters. The molecule has 0 radical (unpaired) electrons. The summed E-state index contributed by atoms with van der Waals surface area (Å²) in [5.41, 5.74) is 0. The van der Waals surface area contributed by atoms with E-state index in [4.69, 9.17) is 5.11 Å². The maximum absolute atomic E-state index is 10.4. The van der Waals surface area contributed by atoms with Gasteiger partial charge in [0.05, 0.1) is 0 Å². The van der Waals surface area contributed by atoms with Crippen molar-refractivity contribution in [2.45, 2.75) is 11.7 Å². The van der Waals surface area contributed by atoms with Gasteiger partial charge in [-0.2, -0.15) is 11.8 Å². The van der Waals surface area contributed by atoms with Crippen LogP contribution in [0.15, 0.2) is 0 Å². The highest BCUT2D eigenvalue weighted by molar-refractivity contribution is 7.99. The number of nitrogens with zero attached hydrogens (tertiary/aromatic N) is 1. The van der Waals surface area contributed by atoms with Crippen LogP contribution in [-0.2, 0) is 0 Å². The largest absolute Gasteiger partial charge is 0.465 e. The first-order chi connectivity index (χ1) is 4.74. The van der Waals surface area contributed by atoms with Crippen LogP contribution in [0.1, 0.15) is 6.42 Å². The Balaban J connectivity index is 2.35. The summed E-state index contributed by atoms with van der Waals surface area (Å²) in [6.45, 7) is 1.41. The zero-order valence-electron chi connectivity index (χ0n) is 5.91. The standard InChI is InChI=1S/C6H11NO2S/c1-10-5-2-3-7(4-5)6(8)9/h5H,2-4H2,1H3,(H,8,9). The predicted octanol–water partition coefficient (Wildman–Crippen LogP) is 1.10. The third kappa shape index (κ3) is 1.56. The van der Waals surface area contributed by atoms with Crippen molar-refractivity contribution in [3.8, 4) is 0 Å². The molecule has 1 N–H and O–H groups in total. The van der Waals surface area contributed by atoms with E-state index in [1.54, 1.807) is 11.8 Å². The minimum Gasteiger partial charge on any atom is -0.465 e. The van der Waals surface area contributed by atoms with E-state index in [-0.39, 0.29) is 0 Å². The molecule has 1 rings (SSSR count). The molecule has 1 aliphatic heterocycles. The fourth-order valence-electron chi connectivity index (χ4n) is 1.09. The number of likely N-dealkylation sites (tertiary alicyclic amines) is 1. The van der Waals surface area contributed by atoms with E-state index in [1.807, 2.05) is 6.26 Å². The van der Waals surface area contributed by atoms with Crippen LogP contribution in [0.25, 0.3) is 0 Å². The molecule has 58 valence electrons. The molecule has 1 fully saturated rings. The molecule has 1 atom stereocenters. The normalized spacial score (nSPS) is 25.3. The summed E-state index contributed by atoms with van der Waals surface area (Å²) in [5, 5.41) is 9.07. The van der Waals surface area contributed by atoms with Crippen LogP contribution in [0.3, 0.4) is 0 Å². The zero-order valence-corrected chi connectivity index (χ0v) is 6.73. The summed E-state index contributed by atoms with van der Waals surface area (Å²) in [4.78, 5) is 11.9. The summed E-state index contributed by atoms with van der Waals surface area (Å²) in [6.07, 6.45) is 2.25. The second-order valence-corrected chi connectivity index (χ2v) is 3.51. The lowest BCUT2D eigenvalue weighted by molar-refractivity contribution is 0.156. The predicted molar refractivity (Wildman–Crippen MR) is 41.5 cm³/mol. The van der Waals surface area contributed by atoms with E-state index >= 15 is 0 Å². The Kier molecular flexibility index (Phi) is 2.43. The van der Waals surface area contributed by atoms with Crippen LogP contribution >= 0.6 is 11.8 Å². The molecule has 0 spiro atoms. The van der Waals surface area contributed by atoms with E-state index in [2.05, 4.69) is 0 Å². The van der Waals surface area contributed by atoms with E-state index in [0.717, 1.165) is 6.42 Å². The molecule has 0 bridgehead atoms. The number of carboxylic acid groups (broad SMARTS) is 1. The number of hydrogen-bond acceptors (Lipinski definition) is 2. The first-order valence-corrected chi connectivity index (χ1v) is 4.53. The lowest BCUT2D eigenvalue weighted by Crippen LogP contribution is -2.26. The van der Waals surface area contributed by atoms with Gasteiger partial charge >= 0.3 is 6.09 Å². The van der Waals surface area contributed by atoms with Gasteiger partial charge in [0.1, 0.15) is 0 Å². The minimum atomic E-state index is -0.781. The van der Waals surface area contributed by atoms with Gasteiger partial charge in [0, 0.05) is 18.3 Å². The molecule has 0 saturated carbocycles. The van der Waals surface area contributed by atoms with Crippen molar-refractivity contribution < 1.29 is 9.90 Å². The highest BCUT2D eigenvalue weighted by Gasteiger charge is 2.24. The SMILES string of the molecule is CSC1CCN(C(=O)O)C1. The van der Waals surface area contributed by atoms with Gasteiger partial charge in [0.25, 0.3) is 0 Å². The Labute approximate surface area is 64.4 Å². The van der Waals surface area contributed by atoms with Crippen LogP contribution in [0.2, 0.25) is 0 Å². The maximum Gasteiger partial charge on any atom is 0.407 e. The van der Waals surface area contributed by atoms with Crippen molar-refractivity contribution in [1.29, 1.82) is 0 Å². The molecular weight excluding hydrogens is 150 g/mol. The smallest absolute Gasteiger partial charge is 0.407 e. The Bertz CT molecular complexity index is 140. The first-order valence-electron chi connectivity index (χ1n) is 3.24. The van der Waals surface area contributed by atoms with E-state index in [9.17, 15) is 4.79 Å². The first kappa shape index (κ1) is 7.72. The van der Waals surface area contributed by atoms with Gasteiger partial charge in [-0.1, -0.05) is 0 Å². The van der Waals surface area contributed by atoms with Crippen molar-refractivity contribution in [2.24, 2.45) is 0 Å². The molecule has 1 amide bonds. The van der Waals surface area contributed by atoms with Gasteiger partial charge in [-0.05, 0) is 12.7 Å². The van der Waals surface area contributed by atoms with Gasteiger partial charge in [0.2, 0.25) is 0 Å². The summed E-state index contributed by atoms with van der Waals surface area (Å²) in [6, 6.07) is 0. The number of thioether (sulfide) groups is 1. The van der Waals surface area contributed by atoms with E-state index < -0.39 is 6.09 Å². The molecular formula is C6H11NO2S. The average molecular weight is 161 g/mol. The Morgan fingerprint density at radius 2 is 2.50 bits per heavy atom. The monoisotopic (exact) mass is 161 g/mol. The second kappa shape index (κ2) is 3.14. The summed E-state index contributed by atoms with van der Waals surface area (Å²) >= 11 is 1.75. The highest BCUT2D eigenvalue weighted by atomic mass is 32.2. The molecule has 0 aromatic rings. The summed E-state index contributed by atoms with van der Waals surface area (Å²) in [5.74, 6) is 0. The second-order valence-electron chi connectivity index (χ2n) is 2.37. The van der Waals surface area contributed by atoms with Crippen LogP contribution in [0, 0.1) is 0 Å². The average Bonchev–Trinajstić information content (AvgIpc) is 2.34. The Hall–Kier alpha value is -0.380. The molecule has 10 heavy (non-hydrogen) atoms. The maximum atomic E-state index is 10.4. The Morgan fingerprint density at radius 3 is 2.80 bits per heavy atom. The van der Waals surface area contributed by atoms with Crippen molar-refractivity contribution in [3.63, 3.8) is 0 Å². The molecule has 0 aromatic heterocycles. The molecule has 1 heterocycles. The lowest BCUT2D eigenvalue weighted by Gasteiger charge is -2.09. The molecule has 4 heteroatoms. The molecule has 1 saturated heterocycles. The third-order valence-electron chi connectivity index (χ3n) is 1.75. The number of rotatable bonds is 1. The zero-order chi connectivity index (χ0) is 7.56. The third-order valence-corrected chi connectivity index (χ3v) is 2.80. The molecule has 3 nitrogen and oxygen atoms in total. The van der Waals surface area contributed by atoms with Gasteiger partial charge in [0.15, 0.2) is 0 Å². The quantitative estimate of drug-likeness (QED) is 0.626. The van der Waals surface area contributed by atoms with Crippen LogP contribution in [0.4, 0.5) is 4.79 Å². The molecule has 1 aliphatic rings. The lowest BCUT2D eigenvalue weighted by atomic mass is 10.4. The van der Waals surface area contributed by atoms with Gasteiger partial charge < -0.3 is 10.0 Å². The van der Waals surface area contributed by atoms with Crippen molar-refractivity contribution in [3.05, 3.63) is 0 Å². The summed E-state index contributed by atoms with van der Waals surface area (Å²) < 4.78 is 0. The highest BCUT2D eigenvalue weighted by Crippen LogP contribution is 2.19. The molecule has 0 aliphatic carbocycles. The van der Waals surface area contributed by atoms with Crippen molar-refractivity contribution >= 4 is 17.9 Å². The summed E-state index contributed by atoms with van der Waals surface area (Å²) in [7, 11) is 0. The number of carbonyl (C=O) groups is 1. The fraction of sp³-hybridized carbons (Fsp3) is 0.833. The topological polar surface area (TPSA) is 40.5 Å². The van der Waals surface area contributed by atoms with Crippen molar-refractivity contribution in [1.82, 2.24) is 4.90 Å². The van der Waals surface area contributed by atoms with Gasteiger partial charge in [-0.25, -0.2) is 4.79 Å². The number of hydrogen-bond donors (Lipinski definition) is 1. The van der Waals surface area contributed by atoms with Crippen LogP contribution in [0.5, 0.6) is 0 Å². The van der Waals surface area contributed by atoms with Crippen LogP contribution < -0.4 is 0 Å². The Morgan fingerprint density at radius 1 is 1.80 bits per heavy atom. The molecule has 0 aromatic carbocycles. The van der Waals surface area contributed by atoms with E-state index in [0.29, 0.717) is 18.3 Å². The number of amides is 1. The fourth-order valence-corrected chi connectivity index (χ4v) is 1.76. The van der Waals surface area contributed by atoms with Crippen LogP contribution in [-0.4, -0.2) is 40.7 Å². The van der Waals surface area contributed by atoms with Gasteiger partial charge in [-0.15, -0.1) is 0 Å². The minimum absolute atomic E-state index is 0.524. The van der Waals surface area contributed by atoms with Gasteiger partial charge in [-0.3, -0.25) is 0 Å². The van der Waals surface area contributed by atoms with E-state index in [1.165, 1.54) is 4.90 Å².